The molecule has 2 heterocycles. The van der Waals surface area contributed by atoms with E-state index in [1.165, 1.54) is 24.1 Å². The molecule has 0 bridgehead atoms. The lowest BCUT2D eigenvalue weighted by Gasteiger charge is -2.49. The first kappa shape index (κ1) is 23.0. The number of imide groups is 1. The molecule has 0 N–H and O–H groups in total. The highest BCUT2D eigenvalue weighted by Crippen LogP contribution is 2.45. The number of non-ortho nitro benzene ring substituents is 1. The van der Waals surface area contributed by atoms with Gasteiger partial charge < -0.3 is 14.4 Å². The standard InChI is InChI=1S/C26H21N3O7/c1-3-36-19-9-4-15(5-10-19)22-23(26(32)27(22)16-6-11-18(35-2)12-7-16)28-24(30)20-13-8-17(29(33)34)14-21(20)25(28)31/h4-14,22-23H,3H2,1-2H3/t22-,23-/m1/s1. The summed E-state index contributed by atoms with van der Waals surface area (Å²) in [6.07, 6.45) is 0. The third-order valence-corrected chi connectivity index (χ3v) is 6.34. The van der Waals surface area contributed by atoms with Crippen molar-refractivity contribution < 1.29 is 28.8 Å². The lowest BCUT2D eigenvalue weighted by molar-refractivity contribution is -0.384. The van der Waals surface area contributed by atoms with Crippen LogP contribution in [0.5, 0.6) is 11.5 Å². The summed E-state index contributed by atoms with van der Waals surface area (Å²) >= 11 is 0. The van der Waals surface area contributed by atoms with E-state index in [2.05, 4.69) is 0 Å². The molecule has 3 aromatic rings. The molecule has 2 aliphatic heterocycles. The topological polar surface area (TPSA) is 119 Å². The van der Waals surface area contributed by atoms with Crippen molar-refractivity contribution >= 4 is 29.1 Å². The number of ether oxygens (including phenoxy) is 2. The van der Waals surface area contributed by atoms with E-state index in [1.54, 1.807) is 48.5 Å². The van der Waals surface area contributed by atoms with Gasteiger partial charge in [-0.3, -0.25) is 29.4 Å². The Hall–Kier alpha value is -4.73. The Labute approximate surface area is 205 Å². The van der Waals surface area contributed by atoms with Gasteiger partial charge in [0.05, 0.1) is 35.8 Å². The Bertz CT molecular complexity index is 1390. The zero-order valence-corrected chi connectivity index (χ0v) is 19.4. The van der Waals surface area contributed by atoms with E-state index < -0.39 is 34.7 Å². The monoisotopic (exact) mass is 487 g/mol. The van der Waals surface area contributed by atoms with Crippen molar-refractivity contribution in [2.45, 2.75) is 19.0 Å². The van der Waals surface area contributed by atoms with Gasteiger partial charge in [0.25, 0.3) is 23.4 Å². The van der Waals surface area contributed by atoms with E-state index in [0.29, 0.717) is 29.4 Å². The molecular formula is C26H21N3O7. The highest BCUT2D eigenvalue weighted by atomic mass is 16.6. The van der Waals surface area contributed by atoms with Crippen LogP contribution in [0.4, 0.5) is 11.4 Å². The predicted octanol–water partition coefficient (Wildman–Crippen LogP) is 3.75. The fourth-order valence-corrected chi connectivity index (χ4v) is 4.63. The van der Waals surface area contributed by atoms with Crippen molar-refractivity contribution in [2.75, 3.05) is 18.6 Å². The molecule has 0 aliphatic carbocycles. The van der Waals surface area contributed by atoms with Gasteiger partial charge in [-0.1, -0.05) is 12.1 Å². The van der Waals surface area contributed by atoms with Gasteiger partial charge in [-0.05, 0) is 55.0 Å². The van der Waals surface area contributed by atoms with Crippen molar-refractivity contribution in [1.29, 1.82) is 0 Å². The number of fused-ring (bicyclic) bond motifs is 1. The number of anilines is 1. The summed E-state index contributed by atoms with van der Waals surface area (Å²) < 4.78 is 10.7. The molecule has 182 valence electrons. The predicted molar refractivity (Wildman–Crippen MR) is 128 cm³/mol. The zero-order chi connectivity index (χ0) is 25.6. The summed E-state index contributed by atoms with van der Waals surface area (Å²) in [5.74, 6) is -0.575. The number of hydrogen-bond acceptors (Lipinski definition) is 7. The Kier molecular flexibility index (Phi) is 5.63. The number of amides is 3. The van der Waals surface area contributed by atoms with E-state index in [-0.39, 0.29) is 16.8 Å². The molecule has 10 heteroatoms. The molecule has 1 saturated heterocycles. The lowest BCUT2D eigenvalue weighted by Crippen LogP contribution is -2.67. The van der Waals surface area contributed by atoms with E-state index in [0.717, 1.165) is 11.0 Å². The van der Waals surface area contributed by atoms with Crippen LogP contribution in [-0.4, -0.2) is 47.3 Å². The van der Waals surface area contributed by atoms with Crippen LogP contribution < -0.4 is 14.4 Å². The number of methoxy groups -OCH3 is 1. The molecule has 2 atom stereocenters. The van der Waals surface area contributed by atoms with Crippen molar-refractivity contribution in [3.8, 4) is 11.5 Å². The Balaban J connectivity index is 1.55. The molecule has 2 aliphatic rings. The molecule has 0 radical (unpaired) electrons. The highest BCUT2D eigenvalue weighted by molar-refractivity contribution is 6.25. The fraction of sp³-hybridized carbons (Fsp3) is 0.192. The van der Waals surface area contributed by atoms with Crippen LogP contribution in [0.3, 0.4) is 0 Å². The average Bonchev–Trinajstić information content (AvgIpc) is 3.13. The van der Waals surface area contributed by atoms with Crippen LogP contribution in [0.15, 0.2) is 66.7 Å². The Morgan fingerprint density at radius 3 is 2.08 bits per heavy atom. The van der Waals surface area contributed by atoms with E-state index in [1.807, 2.05) is 6.92 Å². The number of carbonyl (C=O) groups is 3. The maximum atomic E-state index is 13.5. The Morgan fingerprint density at radius 1 is 0.833 bits per heavy atom. The molecule has 0 saturated carbocycles. The van der Waals surface area contributed by atoms with Crippen LogP contribution in [0.25, 0.3) is 0 Å². The second-order valence-electron chi connectivity index (χ2n) is 8.27. The smallest absolute Gasteiger partial charge is 0.270 e. The summed E-state index contributed by atoms with van der Waals surface area (Å²) in [5.41, 5.74) is 0.909. The van der Waals surface area contributed by atoms with Gasteiger partial charge in [-0.2, -0.15) is 0 Å². The van der Waals surface area contributed by atoms with E-state index >= 15 is 0 Å². The van der Waals surface area contributed by atoms with Crippen LogP contribution in [0.1, 0.15) is 39.2 Å². The molecule has 3 amide bonds. The Morgan fingerprint density at radius 2 is 1.47 bits per heavy atom. The summed E-state index contributed by atoms with van der Waals surface area (Å²) in [5, 5.41) is 11.2. The molecule has 3 aromatic carbocycles. The number of nitro benzene ring substituents is 1. The molecule has 0 unspecified atom stereocenters. The first-order chi connectivity index (χ1) is 17.3. The molecule has 1 fully saturated rings. The normalized spacial score (nSPS) is 18.7. The minimum Gasteiger partial charge on any atom is -0.497 e. The number of nitrogens with zero attached hydrogens (tertiary/aromatic N) is 3. The second kappa shape index (κ2) is 8.81. The van der Waals surface area contributed by atoms with Gasteiger partial charge in [0.15, 0.2) is 0 Å². The largest absolute Gasteiger partial charge is 0.497 e. The molecule has 5 rings (SSSR count). The highest BCUT2D eigenvalue weighted by Gasteiger charge is 2.57. The quantitative estimate of drug-likeness (QED) is 0.215. The molecular weight excluding hydrogens is 466 g/mol. The first-order valence-corrected chi connectivity index (χ1v) is 11.2. The van der Waals surface area contributed by atoms with Crippen molar-refractivity contribution in [1.82, 2.24) is 4.90 Å². The lowest BCUT2D eigenvalue weighted by atomic mass is 9.86. The SMILES string of the molecule is CCOc1ccc([C@@H]2[C@@H](N3C(=O)c4ccc([N+](=O)[O-])cc4C3=O)C(=O)N2c2ccc(OC)cc2)cc1. The first-order valence-electron chi connectivity index (χ1n) is 11.2. The van der Waals surface area contributed by atoms with Crippen molar-refractivity contribution in [3.63, 3.8) is 0 Å². The van der Waals surface area contributed by atoms with E-state index in [4.69, 9.17) is 9.47 Å². The molecule has 36 heavy (non-hydrogen) atoms. The fourth-order valence-electron chi connectivity index (χ4n) is 4.63. The van der Waals surface area contributed by atoms with Crippen LogP contribution in [-0.2, 0) is 4.79 Å². The number of benzene rings is 3. The number of rotatable bonds is 7. The summed E-state index contributed by atoms with van der Waals surface area (Å²) in [7, 11) is 1.54. The summed E-state index contributed by atoms with van der Waals surface area (Å²) in [4.78, 5) is 53.0. The average molecular weight is 487 g/mol. The van der Waals surface area contributed by atoms with Gasteiger partial charge in [-0.25, -0.2) is 0 Å². The van der Waals surface area contributed by atoms with Crippen LogP contribution in [0, 0.1) is 10.1 Å². The van der Waals surface area contributed by atoms with Gasteiger partial charge in [0, 0.05) is 17.8 Å². The van der Waals surface area contributed by atoms with E-state index in [9.17, 15) is 24.5 Å². The summed E-state index contributed by atoms with van der Waals surface area (Å²) in [6, 6.07) is 15.7. The second-order valence-corrected chi connectivity index (χ2v) is 8.27. The number of carbonyl (C=O) groups excluding carboxylic acids is 3. The van der Waals surface area contributed by atoms with Gasteiger partial charge in [0.1, 0.15) is 17.5 Å². The van der Waals surface area contributed by atoms with Gasteiger partial charge in [-0.15, -0.1) is 0 Å². The zero-order valence-electron chi connectivity index (χ0n) is 19.4. The van der Waals surface area contributed by atoms with Gasteiger partial charge in [0.2, 0.25) is 0 Å². The molecule has 0 aromatic heterocycles. The number of hydrogen-bond donors (Lipinski definition) is 0. The van der Waals surface area contributed by atoms with Crippen molar-refractivity contribution in [2.24, 2.45) is 0 Å². The molecule has 10 nitrogen and oxygen atoms in total. The maximum absolute atomic E-state index is 13.5. The van der Waals surface area contributed by atoms with Gasteiger partial charge >= 0.3 is 0 Å². The van der Waals surface area contributed by atoms with Crippen LogP contribution in [0.2, 0.25) is 0 Å². The van der Waals surface area contributed by atoms with Crippen LogP contribution >= 0.6 is 0 Å². The third kappa shape index (κ3) is 3.54. The minimum atomic E-state index is -1.11. The maximum Gasteiger partial charge on any atom is 0.270 e. The van der Waals surface area contributed by atoms with Crippen molar-refractivity contribution in [3.05, 3.63) is 93.5 Å². The minimum absolute atomic E-state index is 0.0340. The summed E-state index contributed by atoms with van der Waals surface area (Å²) in [6.45, 7) is 2.36. The molecule has 0 spiro atoms. The number of β-lactam (4-membered cyclic amide) rings is 1. The number of nitro groups is 1. The third-order valence-electron chi connectivity index (χ3n) is 6.34.